The minimum Gasteiger partial charge on any atom is -0.480 e. The summed E-state index contributed by atoms with van der Waals surface area (Å²) in [5.41, 5.74) is 2.53. The van der Waals surface area contributed by atoms with Gasteiger partial charge in [0.1, 0.15) is 10.9 Å². The van der Waals surface area contributed by atoms with Crippen molar-refractivity contribution in [1.29, 1.82) is 0 Å². The zero-order valence-electron chi connectivity index (χ0n) is 13.5. The topological polar surface area (TPSA) is 63.3 Å². The van der Waals surface area contributed by atoms with E-state index < -0.39 is 11.2 Å². The largest absolute Gasteiger partial charge is 0.480 e. The van der Waals surface area contributed by atoms with Gasteiger partial charge in [-0.1, -0.05) is 77.1 Å². The van der Waals surface area contributed by atoms with Crippen molar-refractivity contribution in [3.63, 3.8) is 0 Å². The second kappa shape index (κ2) is 7.89. The Morgan fingerprint density at radius 1 is 1.16 bits per heavy atom. The average Bonchev–Trinajstić information content (AvgIpc) is 3.05. The first-order chi connectivity index (χ1) is 12.1. The van der Waals surface area contributed by atoms with Crippen molar-refractivity contribution in [3.8, 4) is 22.6 Å². The van der Waals surface area contributed by atoms with Crippen molar-refractivity contribution in [1.82, 2.24) is 4.98 Å². The summed E-state index contributed by atoms with van der Waals surface area (Å²) in [4.78, 5) is 15.9. The van der Waals surface area contributed by atoms with E-state index in [0.29, 0.717) is 23.1 Å². The van der Waals surface area contributed by atoms with E-state index in [-0.39, 0.29) is 0 Å². The summed E-state index contributed by atoms with van der Waals surface area (Å²) < 4.78 is 6.92. The molecular weight excluding hydrogens is 402 g/mol. The Hall–Kier alpha value is -2.05. The molecule has 0 aliphatic heterocycles. The molecule has 1 heterocycles. The second-order valence-electron chi connectivity index (χ2n) is 5.38. The van der Waals surface area contributed by atoms with Crippen LogP contribution in [0.2, 0.25) is 0 Å². The SMILES string of the molecule is CCC(Sc1nc(-c2ccc(Br)cc2)c(-c2ccccc2)o1)C(=O)O. The van der Waals surface area contributed by atoms with Gasteiger partial charge in [-0.05, 0) is 18.6 Å². The fourth-order valence-electron chi connectivity index (χ4n) is 2.37. The molecule has 0 fully saturated rings. The van der Waals surface area contributed by atoms with Gasteiger partial charge in [-0.3, -0.25) is 4.79 Å². The Bertz CT molecular complexity index is 862. The molecule has 1 N–H and O–H groups in total. The summed E-state index contributed by atoms with van der Waals surface area (Å²) in [6, 6.07) is 17.5. The van der Waals surface area contributed by atoms with Gasteiger partial charge in [-0.2, -0.15) is 0 Å². The number of oxazole rings is 1. The third-order valence-electron chi connectivity index (χ3n) is 3.65. The Morgan fingerprint density at radius 2 is 1.84 bits per heavy atom. The van der Waals surface area contributed by atoms with Crippen LogP contribution in [-0.2, 0) is 4.79 Å². The molecule has 0 aliphatic carbocycles. The lowest BCUT2D eigenvalue weighted by molar-refractivity contribution is -0.136. The number of rotatable bonds is 6. The second-order valence-corrected chi connectivity index (χ2v) is 7.45. The Kier molecular flexibility index (Phi) is 5.60. The normalized spacial score (nSPS) is 12.1. The van der Waals surface area contributed by atoms with Gasteiger partial charge in [0.25, 0.3) is 5.22 Å². The molecule has 0 radical (unpaired) electrons. The monoisotopic (exact) mass is 417 g/mol. The van der Waals surface area contributed by atoms with Crippen LogP contribution in [-0.4, -0.2) is 21.3 Å². The number of aliphatic carboxylic acids is 1. The van der Waals surface area contributed by atoms with Crippen molar-refractivity contribution in [3.05, 3.63) is 59.1 Å². The van der Waals surface area contributed by atoms with Gasteiger partial charge in [-0.15, -0.1) is 0 Å². The van der Waals surface area contributed by atoms with Gasteiger partial charge < -0.3 is 9.52 Å². The molecule has 2 aromatic carbocycles. The number of carbonyl (C=O) groups is 1. The number of hydrogen-bond donors (Lipinski definition) is 1. The minimum atomic E-state index is -0.864. The lowest BCUT2D eigenvalue weighted by Gasteiger charge is -2.04. The molecular formula is C19H16BrNO3S. The van der Waals surface area contributed by atoms with Crippen molar-refractivity contribution in [2.75, 3.05) is 0 Å². The zero-order valence-corrected chi connectivity index (χ0v) is 15.9. The van der Waals surface area contributed by atoms with Crippen LogP contribution in [0.25, 0.3) is 22.6 Å². The summed E-state index contributed by atoms with van der Waals surface area (Å²) in [6.45, 7) is 1.84. The fraction of sp³-hybridized carbons (Fsp3) is 0.158. The minimum absolute atomic E-state index is 0.367. The number of nitrogens with zero attached hydrogens (tertiary/aromatic N) is 1. The summed E-state index contributed by atoms with van der Waals surface area (Å²) in [5.74, 6) is -0.220. The lowest BCUT2D eigenvalue weighted by atomic mass is 10.1. The van der Waals surface area contributed by atoms with Gasteiger partial charge in [0, 0.05) is 15.6 Å². The summed E-state index contributed by atoms with van der Waals surface area (Å²) in [7, 11) is 0. The molecule has 0 bridgehead atoms. The number of aromatic nitrogens is 1. The third kappa shape index (κ3) is 4.14. The number of benzene rings is 2. The van der Waals surface area contributed by atoms with E-state index in [1.807, 2.05) is 61.5 Å². The molecule has 0 aliphatic rings. The van der Waals surface area contributed by atoms with E-state index in [9.17, 15) is 9.90 Å². The summed E-state index contributed by atoms with van der Waals surface area (Å²) in [5, 5.41) is 9.06. The van der Waals surface area contributed by atoms with Gasteiger partial charge in [0.15, 0.2) is 5.76 Å². The molecule has 1 unspecified atom stereocenters. The molecule has 0 saturated carbocycles. The highest BCUT2D eigenvalue weighted by Crippen LogP contribution is 2.37. The fourth-order valence-corrected chi connectivity index (χ4v) is 3.42. The molecule has 0 amide bonds. The molecule has 25 heavy (non-hydrogen) atoms. The Morgan fingerprint density at radius 3 is 2.44 bits per heavy atom. The molecule has 3 rings (SSSR count). The number of carboxylic acids is 1. The van der Waals surface area contributed by atoms with E-state index >= 15 is 0 Å². The van der Waals surface area contributed by atoms with Gasteiger partial charge in [0.2, 0.25) is 0 Å². The van der Waals surface area contributed by atoms with Crippen molar-refractivity contribution in [2.45, 2.75) is 23.8 Å². The van der Waals surface area contributed by atoms with Crippen LogP contribution >= 0.6 is 27.7 Å². The predicted molar refractivity (Wildman–Crippen MR) is 103 cm³/mol. The van der Waals surface area contributed by atoms with Gasteiger partial charge in [-0.25, -0.2) is 4.98 Å². The van der Waals surface area contributed by atoms with Crippen LogP contribution in [0.1, 0.15) is 13.3 Å². The molecule has 0 spiro atoms. The Balaban J connectivity index is 2.05. The van der Waals surface area contributed by atoms with Crippen LogP contribution in [0.3, 0.4) is 0 Å². The molecule has 128 valence electrons. The smallest absolute Gasteiger partial charge is 0.317 e. The molecule has 0 saturated heterocycles. The predicted octanol–water partition coefficient (Wildman–Crippen LogP) is 5.73. The zero-order chi connectivity index (χ0) is 17.8. The van der Waals surface area contributed by atoms with Crippen LogP contribution in [0.5, 0.6) is 0 Å². The third-order valence-corrected chi connectivity index (χ3v) is 5.37. The molecule has 1 aromatic heterocycles. The molecule has 6 heteroatoms. The van der Waals surface area contributed by atoms with Crippen LogP contribution in [0.15, 0.2) is 68.7 Å². The highest BCUT2D eigenvalue weighted by atomic mass is 79.9. The van der Waals surface area contributed by atoms with Crippen molar-refractivity contribution in [2.24, 2.45) is 0 Å². The number of carboxylic acid groups (broad SMARTS) is 1. The van der Waals surface area contributed by atoms with Gasteiger partial charge in [0.05, 0.1) is 0 Å². The maximum Gasteiger partial charge on any atom is 0.317 e. The standard InChI is InChI=1S/C19H16BrNO3S/c1-2-15(18(22)23)25-19-21-16(12-8-10-14(20)11-9-12)17(24-19)13-6-4-3-5-7-13/h3-11,15H,2H2,1H3,(H,22,23). The van der Waals surface area contributed by atoms with Crippen LogP contribution in [0, 0.1) is 0 Å². The average molecular weight is 418 g/mol. The van der Waals surface area contributed by atoms with E-state index in [4.69, 9.17) is 4.42 Å². The molecule has 1 atom stereocenters. The highest BCUT2D eigenvalue weighted by molar-refractivity contribution is 9.10. The first-order valence-electron chi connectivity index (χ1n) is 7.80. The molecule has 3 aromatic rings. The summed E-state index contributed by atoms with van der Waals surface area (Å²) >= 11 is 4.57. The maximum atomic E-state index is 11.3. The lowest BCUT2D eigenvalue weighted by Crippen LogP contribution is -2.14. The van der Waals surface area contributed by atoms with E-state index in [2.05, 4.69) is 20.9 Å². The number of hydrogen-bond acceptors (Lipinski definition) is 4. The molecule has 4 nitrogen and oxygen atoms in total. The van der Waals surface area contributed by atoms with Crippen LogP contribution < -0.4 is 0 Å². The quantitative estimate of drug-likeness (QED) is 0.519. The first-order valence-corrected chi connectivity index (χ1v) is 9.47. The highest BCUT2D eigenvalue weighted by Gasteiger charge is 2.23. The van der Waals surface area contributed by atoms with E-state index in [1.54, 1.807) is 0 Å². The van der Waals surface area contributed by atoms with Crippen molar-refractivity contribution >= 4 is 33.7 Å². The van der Waals surface area contributed by atoms with Gasteiger partial charge >= 0.3 is 5.97 Å². The first kappa shape index (κ1) is 17.8. The summed E-state index contributed by atoms with van der Waals surface area (Å²) in [6.07, 6.45) is 0.497. The van der Waals surface area contributed by atoms with Crippen LogP contribution in [0.4, 0.5) is 0 Å². The van der Waals surface area contributed by atoms with Crippen molar-refractivity contribution < 1.29 is 14.3 Å². The van der Waals surface area contributed by atoms with E-state index in [1.165, 1.54) is 0 Å². The number of halogens is 1. The number of thioether (sulfide) groups is 1. The Labute approximate surface area is 158 Å². The van der Waals surface area contributed by atoms with E-state index in [0.717, 1.165) is 27.4 Å². The maximum absolute atomic E-state index is 11.3.